The normalized spacial score (nSPS) is 12.2. The van der Waals surface area contributed by atoms with E-state index >= 15 is 0 Å². The van der Waals surface area contributed by atoms with Crippen molar-refractivity contribution in [2.75, 3.05) is 0 Å². The first-order valence-corrected chi connectivity index (χ1v) is 6.29. The summed E-state index contributed by atoms with van der Waals surface area (Å²) in [4.78, 5) is 28.2. The lowest BCUT2D eigenvalue weighted by molar-refractivity contribution is -0.135. The minimum atomic E-state index is -4.75. The first-order chi connectivity index (χ1) is 10.2. The van der Waals surface area contributed by atoms with Crippen molar-refractivity contribution >= 4 is 21.9 Å². The SMILES string of the molecule is Cn1c(=O)c2c(C(F)(F)F)c3ccccc3nc2n(C)c1=O. The maximum absolute atomic E-state index is 13.5. The molecular formula is C14H10F3N3O2. The van der Waals surface area contributed by atoms with Gasteiger partial charge in [-0.15, -0.1) is 0 Å². The van der Waals surface area contributed by atoms with Crippen molar-refractivity contribution < 1.29 is 13.2 Å². The number of aryl methyl sites for hydroxylation is 1. The van der Waals surface area contributed by atoms with Crippen LogP contribution in [-0.4, -0.2) is 14.1 Å². The average molecular weight is 309 g/mol. The summed E-state index contributed by atoms with van der Waals surface area (Å²) in [5.74, 6) is 0. The van der Waals surface area contributed by atoms with Crippen LogP contribution in [0.3, 0.4) is 0 Å². The molecule has 0 amide bonds. The third-order valence-corrected chi connectivity index (χ3v) is 3.57. The summed E-state index contributed by atoms with van der Waals surface area (Å²) >= 11 is 0. The zero-order valence-corrected chi connectivity index (χ0v) is 11.6. The predicted octanol–water partition coefficient (Wildman–Crippen LogP) is 1.80. The van der Waals surface area contributed by atoms with Gasteiger partial charge in [-0.1, -0.05) is 18.2 Å². The van der Waals surface area contributed by atoms with E-state index in [9.17, 15) is 22.8 Å². The Labute approximate surface area is 121 Å². The number of halogens is 3. The van der Waals surface area contributed by atoms with Gasteiger partial charge in [-0.2, -0.15) is 13.2 Å². The lowest BCUT2D eigenvalue weighted by Gasteiger charge is -2.15. The summed E-state index contributed by atoms with van der Waals surface area (Å²) in [7, 11) is 2.42. The van der Waals surface area contributed by atoms with E-state index < -0.39 is 28.4 Å². The topological polar surface area (TPSA) is 56.9 Å². The van der Waals surface area contributed by atoms with E-state index in [1.807, 2.05) is 0 Å². The lowest BCUT2D eigenvalue weighted by atomic mass is 10.0. The molecule has 1 aromatic carbocycles. The third-order valence-electron chi connectivity index (χ3n) is 3.57. The number of para-hydroxylation sites is 1. The van der Waals surface area contributed by atoms with E-state index in [0.29, 0.717) is 4.57 Å². The number of fused-ring (bicyclic) bond motifs is 2. The van der Waals surface area contributed by atoms with E-state index in [1.165, 1.54) is 25.2 Å². The van der Waals surface area contributed by atoms with E-state index in [4.69, 9.17) is 0 Å². The Morgan fingerprint density at radius 1 is 1.05 bits per heavy atom. The molecule has 2 aromatic heterocycles. The quantitative estimate of drug-likeness (QED) is 0.595. The molecule has 114 valence electrons. The van der Waals surface area contributed by atoms with Gasteiger partial charge in [0.05, 0.1) is 16.5 Å². The Kier molecular flexibility index (Phi) is 2.88. The van der Waals surface area contributed by atoms with Gasteiger partial charge in [-0.3, -0.25) is 13.9 Å². The van der Waals surface area contributed by atoms with Crippen LogP contribution >= 0.6 is 0 Å². The van der Waals surface area contributed by atoms with E-state index in [-0.39, 0.29) is 16.6 Å². The Morgan fingerprint density at radius 2 is 1.68 bits per heavy atom. The standard InChI is InChI=1S/C14H10F3N3O2/c1-19-11-9(12(21)20(2)13(19)22)10(14(15,16)17)7-5-3-4-6-8(7)18-11/h3-6H,1-2H3. The van der Waals surface area contributed by atoms with Gasteiger partial charge in [0.2, 0.25) is 0 Å². The van der Waals surface area contributed by atoms with Gasteiger partial charge in [-0.25, -0.2) is 9.78 Å². The number of pyridine rings is 1. The fourth-order valence-corrected chi connectivity index (χ4v) is 2.51. The highest BCUT2D eigenvalue weighted by atomic mass is 19.4. The van der Waals surface area contributed by atoms with Crippen molar-refractivity contribution in [1.29, 1.82) is 0 Å². The Balaban J connectivity index is 2.78. The smallest absolute Gasteiger partial charge is 0.280 e. The van der Waals surface area contributed by atoms with Crippen LogP contribution in [0.1, 0.15) is 5.56 Å². The van der Waals surface area contributed by atoms with Crippen LogP contribution in [0.4, 0.5) is 13.2 Å². The van der Waals surface area contributed by atoms with Crippen LogP contribution in [0.15, 0.2) is 33.9 Å². The first kappa shape index (κ1) is 14.3. The molecule has 3 rings (SSSR count). The van der Waals surface area contributed by atoms with Gasteiger partial charge < -0.3 is 0 Å². The average Bonchev–Trinajstić information content (AvgIpc) is 2.47. The number of alkyl halides is 3. The Hall–Kier alpha value is -2.64. The van der Waals surface area contributed by atoms with Gasteiger partial charge in [-0.05, 0) is 6.07 Å². The number of hydrogen-bond acceptors (Lipinski definition) is 3. The van der Waals surface area contributed by atoms with Crippen LogP contribution in [0.25, 0.3) is 21.9 Å². The molecule has 0 radical (unpaired) electrons. The summed E-state index contributed by atoms with van der Waals surface area (Å²) in [5.41, 5.74) is -3.01. The van der Waals surface area contributed by atoms with Gasteiger partial charge in [0.1, 0.15) is 0 Å². The van der Waals surface area contributed by atoms with Crippen LogP contribution in [0, 0.1) is 0 Å². The fourth-order valence-electron chi connectivity index (χ4n) is 2.51. The largest absolute Gasteiger partial charge is 0.417 e. The zero-order chi connectivity index (χ0) is 16.2. The molecule has 22 heavy (non-hydrogen) atoms. The van der Waals surface area contributed by atoms with Crippen molar-refractivity contribution in [3.63, 3.8) is 0 Å². The molecule has 2 heterocycles. The second-order valence-electron chi connectivity index (χ2n) is 4.91. The molecule has 0 fully saturated rings. The van der Waals surface area contributed by atoms with Crippen molar-refractivity contribution in [1.82, 2.24) is 14.1 Å². The molecule has 8 heteroatoms. The number of aromatic nitrogens is 3. The monoisotopic (exact) mass is 309 g/mol. The van der Waals surface area contributed by atoms with Crippen molar-refractivity contribution in [2.45, 2.75) is 6.18 Å². The van der Waals surface area contributed by atoms with E-state index in [0.717, 1.165) is 11.6 Å². The zero-order valence-electron chi connectivity index (χ0n) is 11.6. The molecule has 5 nitrogen and oxygen atoms in total. The summed E-state index contributed by atoms with van der Waals surface area (Å²) in [6, 6.07) is 5.65. The summed E-state index contributed by atoms with van der Waals surface area (Å²) in [6.45, 7) is 0. The number of benzene rings is 1. The van der Waals surface area contributed by atoms with Crippen LogP contribution < -0.4 is 11.2 Å². The molecule has 0 spiro atoms. The molecule has 0 aliphatic carbocycles. The third kappa shape index (κ3) is 1.83. The molecule has 0 atom stereocenters. The van der Waals surface area contributed by atoms with Crippen molar-refractivity contribution in [2.24, 2.45) is 14.1 Å². The van der Waals surface area contributed by atoms with Crippen molar-refractivity contribution in [3.05, 3.63) is 50.7 Å². The van der Waals surface area contributed by atoms with Gasteiger partial charge in [0, 0.05) is 19.5 Å². The minimum absolute atomic E-state index is 0.0746. The highest BCUT2D eigenvalue weighted by Crippen LogP contribution is 2.37. The highest BCUT2D eigenvalue weighted by molar-refractivity contribution is 5.96. The molecule has 0 N–H and O–H groups in total. The molecule has 0 bridgehead atoms. The lowest BCUT2D eigenvalue weighted by Crippen LogP contribution is -2.38. The fraction of sp³-hybridized carbons (Fsp3) is 0.214. The van der Waals surface area contributed by atoms with Gasteiger partial charge in [0.25, 0.3) is 5.56 Å². The molecule has 0 saturated heterocycles. The molecule has 0 unspecified atom stereocenters. The van der Waals surface area contributed by atoms with E-state index in [2.05, 4.69) is 4.98 Å². The van der Waals surface area contributed by atoms with E-state index in [1.54, 1.807) is 6.07 Å². The van der Waals surface area contributed by atoms with Gasteiger partial charge >= 0.3 is 11.9 Å². The van der Waals surface area contributed by atoms with Crippen LogP contribution in [0.5, 0.6) is 0 Å². The number of nitrogens with zero attached hydrogens (tertiary/aromatic N) is 3. The summed E-state index contributed by atoms with van der Waals surface area (Å²) in [5, 5.41) is -0.769. The minimum Gasteiger partial charge on any atom is -0.280 e. The second-order valence-corrected chi connectivity index (χ2v) is 4.91. The number of hydrogen-bond donors (Lipinski definition) is 0. The molecule has 0 aliphatic heterocycles. The summed E-state index contributed by atoms with van der Waals surface area (Å²) < 4.78 is 42.2. The maximum atomic E-state index is 13.5. The van der Waals surface area contributed by atoms with Crippen LogP contribution in [-0.2, 0) is 20.3 Å². The van der Waals surface area contributed by atoms with Gasteiger partial charge in [0.15, 0.2) is 5.65 Å². The number of rotatable bonds is 0. The maximum Gasteiger partial charge on any atom is 0.417 e. The predicted molar refractivity (Wildman–Crippen MR) is 74.7 cm³/mol. The summed E-state index contributed by atoms with van der Waals surface area (Å²) in [6.07, 6.45) is -4.75. The van der Waals surface area contributed by atoms with Crippen molar-refractivity contribution in [3.8, 4) is 0 Å². The molecule has 0 aliphatic rings. The Morgan fingerprint density at radius 3 is 2.32 bits per heavy atom. The second kappa shape index (κ2) is 4.43. The molecule has 3 aromatic rings. The Bertz CT molecular complexity index is 1030. The first-order valence-electron chi connectivity index (χ1n) is 6.29. The highest BCUT2D eigenvalue weighted by Gasteiger charge is 2.37. The molecule has 0 saturated carbocycles. The van der Waals surface area contributed by atoms with Crippen LogP contribution in [0.2, 0.25) is 0 Å². The molecular weight excluding hydrogens is 299 g/mol.